The van der Waals surface area contributed by atoms with E-state index in [1.54, 1.807) is 23.9 Å². The summed E-state index contributed by atoms with van der Waals surface area (Å²) in [5.74, 6) is -2.25. The molecule has 22 heavy (non-hydrogen) atoms. The molecule has 0 unspecified atom stereocenters. The van der Waals surface area contributed by atoms with E-state index < -0.39 is 17.6 Å². The van der Waals surface area contributed by atoms with E-state index in [1.807, 2.05) is 12.3 Å². The number of nitrogens with one attached hydrogen (secondary N) is 2. The number of carbonyl (C=O) groups excluding carboxylic acids is 2. The van der Waals surface area contributed by atoms with Crippen molar-refractivity contribution in [1.82, 2.24) is 15.1 Å². The molecule has 0 saturated heterocycles. The van der Waals surface area contributed by atoms with E-state index in [0.717, 1.165) is 5.56 Å². The fraction of sp³-hybridized carbons (Fsp3) is 0.267. The fourth-order valence-corrected chi connectivity index (χ4v) is 1.87. The van der Waals surface area contributed by atoms with Crippen LogP contribution in [0, 0.1) is 12.7 Å². The number of carbonyl (C=O) groups is 2. The minimum absolute atomic E-state index is 0.00306. The van der Waals surface area contributed by atoms with Gasteiger partial charge in [0.25, 0.3) is 0 Å². The summed E-state index contributed by atoms with van der Waals surface area (Å²) >= 11 is 0. The van der Waals surface area contributed by atoms with Crippen LogP contribution in [0.4, 0.5) is 10.1 Å². The highest BCUT2D eigenvalue weighted by molar-refractivity contribution is 6.39. The van der Waals surface area contributed by atoms with Gasteiger partial charge in [0.1, 0.15) is 5.82 Å². The van der Waals surface area contributed by atoms with Crippen molar-refractivity contribution in [3.05, 3.63) is 48.0 Å². The van der Waals surface area contributed by atoms with Crippen molar-refractivity contribution in [3.8, 4) is 0 Å². The summed E-state index contributed by atoms with van der Waals surface area (Å²) in [5.41, 5.74) is 0.785. The molecule has 0 atom stereocenters. The average molecular weight is 304 g/mol. The molecule has 2 amide bonds. The van der Waals surface area contributed by atoms with Crippen molar-refractivity contribution in [1.29, 1.82) is 0 Å². The first-order valence-corrected chi connectivity index (χ1v) is 6.89. The van der Waals surface area contributed by atoms with Crippen LogP contribution in [-0.2, 0) is 16.1 Å². The zero-order chi connectivity index (χ0) is 15.9. The van der Waals surface area contributed by atoms with Gasteiger partial charge >= 0.3 is 11.8 Å². The highest BCUT2D eigenvalue weighted by atomic mass is 19.1. The zero-order valence-corrected chi connectivity index (χ0v) is 12.2. The summed E-state index contributed by atoms with van der Waals surface area (Å²) in [4.78, 5) is 23.3. The number of halogens is 1. The van der Waals surface area contributed by atoms with E-state index >= 15 is 0 Å². The Balaban J connectivity index is 1.77. The summed E-state index contributed by atoms with van der Waals surface area (Å²) in [7, 11) is 0. The molecule has 2 rings (SSSR count). The van der Waals surface area contributed by atoms with Crippen LogP contribution in [0.25, 0.3) is 0 Å². The van der Waals surface area contributed by atoms with Gasteiger partial charge in [-0.1, -0.05) is 6.07 Å². The Morgan fingerprint density at radius 1 is 1.32 bits per heavy atom. The second kappa shape index (κ2) is 7.35. The Hall–Kier alpha value is -2.70. The van der Waals surface area contributed by atoms with E-state index in [-0.39, 0.29) is 5.69 Å². The Morgan fingerprint density at radius 2 is 2.14 bits per heavy atom. The number of hydrogen-bond acceptors (Lipinski definition) is 3. The van der Waals surface area contributed by atoms with Crippen LogP contribution in [0.2, 0.25) is 0 Å². The first-order chi connectivity index (χ1) is 10.6. The van der Waals surface area contributed by atoms with Gasteiger partial charge < -0.3 is 10.6 Å². The smallest absolute Gasteiger partial charge is 0.313 e. The van der Waals surface area contributed by atoms with Crippen LogP contribution in [0.3, 0.4) is 0 Å². The molecular weight excluding hydrogens is 287 g/mol. The second-order valence-electron chi connectivity index (χ2n) is 4.82. The van der Waals surface area contributed by atoms with Gasteiger partial charge in [0.15, 0.2) is 0 Å². The third-order valence-electron chi connectivity index (χ3n) is 2.99. The number of rotatable bonds is 5. The Kier molecular flexibility index (Phi) is 5.24. The normalized spacial score (nSPS) is 10.3. The van der Waals surface area contributed by atoms with Crippen molar-refractivity contribution in [2.75, 3.05) is 11.9 Å². The first kappa shape index (κ1) is 15.7. The number of amides is 2. The van der Waals surface area contributed by atoms with Crippen molar-refractivity contribution in [3.63, 3.8) is 0 Å². The van der Waals surface area contributed by atoms with Gasteiger partial charge in [0.2, 0.25) is 0 Å². The number of nitrogens with zero attached hydrogens (tertiary/aromatic N) is 2. The highest BCUT2D eigenvalue weighted by Gasteiger charge is 2.15. The molecule has 116 valence electrons. The van der Waals surface area contributed by atoms with Gasteiger partial charge in [-0.25, -0.2) is 4.39 Å². The number of aromatic nitrogens is 2. The predicted octanol–water partition coefficient (Wildman–Crippen LogP) is 1.48. The summed E-state index contributed by atoms with van der Waals surface area (Å²) in [5, 5.41) is 8.77. The minimum Gasteiger partial charge on any atom is -0.348 e. The average Bonchev–Trinajstić information content (AvgIpc) is 3.00. The van der Waals surface area contributed by atoms with Gasteiger partial charge in [-0.15, -0.1) is 0 Å². The van der Waals surface area contributed by atoms with E-state index in [4.69, 9.17) is 0 Å². The third kappa shape index (κ3) is 4.41. The maximum atomic E-state index is 13.5. The summed E-state index contributed by atoms with van der Waals surface area (Å²) in [6.07, 6.45) is 4.12. The van der Waals surface area contributed by atoms with Gasteiger partial charge in [-0.2, -0.15) is 5.10 Å². The first-order valence-electron chi connectivity index (χ1n) is 6.89. The van der Waals surface area contributed by atoms with E-state index in [1.165, 1.54) is 12.1 Å². The summed E-state index contributed by atoms with van der Waals surface area (Å²) < 4.78 is 15.2. The topological polar surface area (TPSA) is 76.0 Å². The van der Waals surface area contributed by atoms with Crippen LogP contribution in [0.15, 0.2) is 36.7 Å². The molecule has 0 fully saturated rings. The number of hydrogen-bond donors (Lipinski definition) is 2. The van der Waals surface area contributed by atoms with E-state index in [0.29, 0.717) is 19.5 Å². The zero-order valence-electron chi connectivity index (χ0n) is 12.2. The lowest BCUT2D eigenvalue weighted by Crippen LogP contribution is -2.36. The SMILES string of the molecule is Cc1ccc(F)c(NC(=O)C(=O)NCCCn2cccn2)c1. The number of anilines is 1. The number of aryl methyl sites for hydroxylation is 2. The molecule has 6 nitrogen and oxygen atoms in total. The summed E-state index contributed by atoms with van der Waals surface area (Å²) in [6.45, 7) is 2.74. The molecule has 0 aliphatic carbocycles. The molecule has 7 heteroatoms. The highest BCUT2D eigenvalue weighted by Crippen LogP contribution is 2.15. The molecule has 2 N–H and O–H groups in total. The maximum absolute atomic E-state index is 13.5. The van der Waals surface area contributed by atoms with Crippen molar-refractivity contribution >= 4 is 17.5 Å². The quantitative estimate of drug-likeness (QED) is 0.649. The van der Waals surface area contributed by atoms with E-state index in [2.05, 4.69) is 15.7 Å². The molecule has 1 aromatic heterocycles. The Morgan fingerprint density at radius 3 is 2.86 bits per heavy atom. The van der Waals surface area contributed by atoms with Crippen molar-refractivity contribution in [2.45, 2.75) is 19.9 Å². The monoisotopic (exact) mass is 304 g/mol. The minimum atomic E-state index is -0.886. The molecule has 0 aliphatic heterocycles. The molecule has 1 heterocycles. The molecule has 0 radical (unpaired) electrons. The maximum Gasteiger partial charge on any atom is 0.313 e. The molecule has 0 bridgehead atoms. The van der Waals surface area contributed by atoms with Gasteiger partial charge in [0.05, 0.1) is 5.69 Å². The lowest BCUT2D eigenvalue weighted by Gasteiger charge is -2.08. The Labute approximate surface area is 127 Å². The van der Waals surface area contributed by atoms with Gasteiger partial charge in [0, 0.05) is 25.5 Å². The molecule has 0 saturated carbocycles. The second-order valence-corrected chi connectivity index (χ2v) is 4.82. The van der Waals surface area contributed by atoms with Crippen LogP contribution >= 0.6 is 0 Å². The standard InChI is InChI=1S/C15H17FN4O2/c1-11-4-5-12(16)13(10-11)19-15(22)14(21)17-6-2-8-20-9-3-7-18-20/h3-5,7,9-10H,2,6,8H2,1H3,(H,17,21)(H,19,22). The molecule has 0 spiro atoms. The molecule has 1 aromatic carbocycles. The lowest BCUT2D eigenvalue weighted by atomic mass is 10.2. The molecule has 2 aromatic rings. The largest absolute Gasteiger partial charge is 0.348 e. The third-order valence-corrected chi connectivity index (χ3v) is 2.99. The van der Waals surface area contributed by atoms with Crippen LogP contribution < -0.4 is 10.6 Å². The van der Waals surface area contributed by atoms with Gasteiger partial charge in [-0.3, -0.25) is 14.3 Å². The van der Waals surface area contributed by atoms with Crippen molar-refractivity contribution in [2.24, 2.45) is 0 Å². The van der Waals surface area contributed by atoms with Crippen LogP contribution in [0.5, 0.6) is 0 Å². The Bertz CT molecular complexity index is 656. The lowest BCUT2D eigenvalue weighted by molar-refractivity contribution is -0.136. The fourth-order valence-electron chi connectivity index (χ4n) is 1.87. The van der Waals surface area contributed by atoms with Gasteiger partial charge in [-0.05, 0) is 37.1 Å². The summed E-state index contributed by atoms with van der Waals surface area (Å²) in [6, 6.07) is 6.11. The number of benzene rings is 1. The predicted molar refractivity (Wildman–Crippen MR) is 79.6 cm³/mol. The molecule has 0 aliphatic rings. The van der Waals surface area contributed by atoms with Crippen LogP contribution in [0.1, 0.15) is 12.0 Å². The van der Waals surface area contributed by atoms with E-state index in [9.17, 15) is 14.0 Å². The molecular formula is C15H17FN4O2. The van der Waals surface area contributed by atoms with Crippen LogP contribution in [-0.4, -0.2) is 28.1 Å². The van der Waals surface area contributed by atoms with Crippen molar-refractivity contribution < 1.29 is 14.0 Å².